The minimum Gasteiger partial charge on any atom is -0.373 e. The number of anilines is 1. The van der Waals surface area contributed by atoms with Gasteiger partial charge in [-0.2, -0.15) is 0 Å². The van der Waals surface area contributed by atoms with Crippen LogP contribution in [0.2, 0.25) is 0 Å². The predicted octanol–water partition coefficient (Wildman–Crippen LogP) is 2.20. The second-order valence-corrected chi connectivity index (χ2v) is 5.58. The van der Waals surface area contributed by atoms with Gasteiger partial charge in [0.05, 0.1) is 23.8 Å². The molecule has 6 nitrogen and oxygen atoms in total. The summed E-state index contributed by atoms with van der Waals surface area (Å²) in [7, 11) is 1.89. The Balaban J connectivity index is 1.83. The zero-order valence-corrected chi connectivity index (χ0v) is 12.8. The lowest BCUT2D eigenvalue weighted by atomic mass is 10.1. The summed E-state index contributed by atoms with van der Waals surface area (Å²) in [6.07, 6.45) is 4.11. The van der Waals surface area contributed by atoms with E-state index in [1.807, 2.05) is 14.0 Å². The molecule has 6 heteroatoms. The summed E-state index contributed by atoms with van der Waals surface area (Å²) in [5.41, 5.74) is 3.38. The van der Waals surface area contributed by atoms with Gasteiger partial charge in [0.2, 0.25) is 0 Å². The van der Waals surface area contributed by atoms with Crippen molar-refractivity contribution in [1.82, 2.24) is 24.8 Å². The van der Waals surface area contributed by atoms with Crippen molar-refractivity contribution in [2.45, 2.75) is 39.3 Å². The van der Waals surface area contributed by atoms with Crippen LogP contribution in [0.5, 0.6) is 0 Å². The fourth-order valence-electron chi connectivity index (χ4n) is 2.98. The van der Waals surface area contributed by atoms with E-state index in [4.69, 9.17) is 0 Å². The molecule has 0 amide bonds. The molecule has 2 N–H and O–H groups in total. The fraction of sp³-hybridized carbons (Fsp3) is 0.533. The smallest absolute Gasteiger partial charge is 0.129 e. The van der Waals surface area contributed by atoms with Gasteiger partial charge in [0.25, 0.3) is 0 Å². The molecule has 0 spiro atoms. The molecular weight excluding hydrogens is 264 g/mol. The molecule has 0 bridgehead atoms. The number of imidazole rings is 1. The van der Waals surface area contributed by atoms with E-state index in [2.05, 4.69) is 43.1 Å². The highest BCUT2D eigenvalue weighted by Crippen LogP contribution is 2.32. The average molecular weight is 286 g/mol. The SMILES string of the molecule is CNc1cc([C@H]2CCCN2Cc2nc[nH]c2C)nc(C)n1. The van der Waals surface area contributed by atoms with Crippen molar-refractivity contribution in [3.8, 4) is 0 Å². The number of nitrogens with zero attached hydrogens (tertiary/aromatic N) is 4. The van der Waals surface area contributed by atoms with E-state index in [-0.39, 0.29) is 0 Å². The molecule has 2 aromatic heterocycles. The highest BCUT2D eigenvalue weighted by atomic mass is 15.2. The zero-order valence-electron chi connectivity index (χ0n) is 12.8. The van der Waals surface area contributed by atoms with Crippen LogP contribution in [0.4, 0.5) is 5.82 Å². The maximum absolute atomic E-state index is 4.64. The molecule has 1 fully saturated rings. The third-order valence-electron chi connectivity index (χ3n) is 4.11. The molecule has 0 aliphatic carbocycles. The van der Waals surface area contributed by atoms with E-state index in [1.165, 1.54) is 6.42 Å². The summed E-state index contributed by atoms with van der Waals surface area (Å²) in [5.74, 6) is 1.71. The Morgan fingerprint density at radius 2 is 2.24 bits per heavy atom. The lowest BCUT2D eigenvalue weighted by molar-refractivity contribution is 0.241. The molecule has 0 aromatic carbocycles. The maximum atomic E-state index is 4.64. The number of nitrogens with one attached hydrogen (secondary N) is 2. The maximum Gasteiger partial charge on any atom is 0.129 e. The summed E-state index contributed by atoms with van der Waals surface area (Å²) in [4.78, 5) is 19.1. The van der Waals surface area contributed by atoms with Crippen molar-refractivity contribution in [2.24, 2.45) is 0 Å². The molecule has 1 atom stereocenters. The lowest BCUT2D eigenvalue weighted by Gasteiger charge is -2.24. The summed E-state index contributed by atoms with van der Waals surface area (Å²) in [6.45, 7) is 5.98. The highest BCUT2D eigenvalue weighted by molar-refractivity contribution is 5.36. The lowest BCUT2D eigenvalue weighted by Crippen LogP contribution is -2.24. The molecule has 1 saturated heterocycles. The van der Waals surface area contributed by atoms with Gasteiger partial charge in [0.15, 0.2) is 0 Å². The van der Waals surface area contributed by atoms with Crippen LogP contribution in [0.3, 0.4) is 0 Å². The molecule has 1 aliphatic heterocycles. The first-order chi connectivity index (χ1) is 10.2. The standard InChI is InChI=1S/C15H22N6/c1-10-13(18-9-17-10)8-21-6-4-5-14(21)12-7-15(16-3)20-11(2)19-12/h7,9,14H,4-6,8H2,1-3H3,(H,17,18)(H,16,19,20)/t14-/m1/s1. The Morgan fingerprint density at radius 1 is 1.38 bits per heavy atom. The quantitative estimate of drug-likeness (QED) is 0.901. The van der Waals surface area contributed by atoms with Gasteiger partial charge < -0.3 is 10.3 Å². The Morgan fingerprint density at radius 3 is 2.95 bits per heavy atom. The second kappa shape index (κ2) is 5.81. The van der Waals surface area contributed by atoms with Crippen molar-refractivity contribution in [2.75, 3.05) is 18.9 Å². The third-order valence-corrected chi connectivity index (χ3v) is 4.11. The van der Waals surface area contributed by atoms with Gasteiger partial charge in [-0.1, -0.05) is 0 Å². The topological polar surface area (TPSA) is 69.7 Å². The molecule has 112 valence electrons. The van der Waals surface area contributed by atoms with E-state index in [1.54, 1.807) is 6.33 Å². The van der Waals surface area contributed by atoms with Gasteiger partial charge in [-0.15, -0.1) is 0 Å². The van der Waals surface area contributed by atoms with Crippen LogP contribution in [0.15, 0.2) is 12.4 Å². The van der Waals surface area contributed by atoms with Crippen LogP contribution in [0.25, 0.3) is 0 Å². The average Bonchev–Trinajstić information content (AvgIpc) is 3.08. The Bertz CT molecular complexity index is 620. The molecule has 3 rings (SSSR count). The minimum atomic E-state index is 0.356. The van der Waals surface area contributed by atoms with Gasteiger partial charge >= 0.3 is 0 Å². The van der Waals surface area contributed by atoms with E-state index in [0.29, 0.717) is 6.04 Å². The highest BCUT2D eigenvalue weighted by Gasteiger charge is 2.28. The van der Waals surface area contributed by atoms with Crippen LogP contribution >= 0.6 is 0 Å². The van der Waals surface area contributed by atoms with Crippen LogP contribution in [0, 0.1) is 13.8 Å². The number of hydrogen-bond donors (Lipinski definition) is 2. The summed E-state index contributed by atoms with van der Waals surface area (Å²) < 4.78 is 0. The van der Waals surface area contributed by atoms with Crippen LogP contribution in [0.1, 0.15) is 41.8 Å². The minimum absolute atomic E-state index is 0.356. The summed E-state index contributed by atoms with van der Waals surface area (Å²) in [6, 6.07) is 2.42. The van der Waals surface area contributed by atoms with Crippen molar-refractivity contribution in [1.29, 1.82) is 0 Å². The molecule has 21 heavy (non-hydrogen) atoms. The van der Waals surface area contributed by atoms with Gasteiger partial charge in [0, 0.05) is 25.4 Å². The third kappa shape index (κ3) is 2.90. The fourth-order valence-corrected chi connectivity index (χ4v) is 2.98. The number of aryl methyl sites for hydroxylation is 2. The van der Waals surface area contributed by atoms with Crippen molar-refractivity contribution >= 4 is 5.82 Å². The van der Waals surface area contributed by atoms with Gasteiger partial charge in [0.1, 0.15) is 11.6 Å². The molecule has 3 heterocycles. The van der Waals surface area contributed by atoms with E-state index in [9.17, 15) is 0 Å². The second-order valence-electron chi connectivity index (χ2n) is 5.58. The molecule has 0 radical (unpaired) electrons. The van der Waals surface area contributed by atoms with E-state index >= 15 is 0 Å². The van der Waals surface area contributed by atoms with Gasteiger partial charge in [-0.05, 0) is 33.2 Å². The molecule has 2 aromatic rings. The Labute approximate surface area is 125 Å². The van der Waals surface area contributed by atoms with Gasteiger partial charge in [-0.3, -0.25) is 4.90 Å². The largest absolute Gasteiger partial charge is 0.373 e. The first kappa shape index (κ1) is 14.0. The number of rotatable bonds is 4. The van der Waals surface area contributed by atoms with Crippen molar-refractivity contribution < 1.29 is 0 Å². The molecular formula is C15H22N6. The normalized spacial score (nSPS) is 19.1. The van der Waals surface area contributed by atoms with Crippen LogP contribution in [-0.2, 0) is 6.54 Å². The Kier molecular flexibility index (Phi) is 3.88. The van der Waals surface area contributed by atoms with Crippen molar-refractivity contribution in [3.05, 3.63) is 35.3 Å². The first-order valence-corrected chi connectivity index (χ1v) is 7.43. The first-order valence-electron chi connectivity index (χ1n) is 7.43. The zero-order chi connectivity index (χ0) is 14.8. The van der Waals surface area contributed by atoms with Crippen LogP contribution in [-0.4, -0.2) is 38.4 Å². The van der Waals surface area contributed by atoms with Gasteiger partial charge in [-0.25, -0.2) is 15.0 Å². The number of likely N-dealkylation sites (tertiary alicyclic amines) is 1. The van der Waals surface area contributed by atoms with E-state index < -0.39 is 0 Å². The monoisotopic (exact) mass is 286 g/mol. The summed E-state index contributed by atoms with van der Waals surface area (Å²) >= 11 is 0. The predicted molar refractivity (Wildman–Crippen MR) is 82.0 cm³/mol. The molecule has 0 saturated carbocycles. The molecule has 1 aliphatic rings. The molecule has 0 unspecified atom stereocenters. The number of H-pyrrole nitrogens is 1. The van der Waals surface area contributed by atoms with Crippen molar-refractivity contribution in [3.63, 3.8) is 0 Å². The number of aromatic amines is 1. The number of hydrogen-bond acceptors (Lipinski definition) is 5. The number of aromatic nitrogens is 4. The Hall–Kier alpha value is -1.95. The van der Waals surface area contributed by atoms with Crippen LogP contribution < -0.4 is 5.32 Å². The van der Waals surface area contributed by atoms with E-state index in [0.717, 1.165) is 48.2 Å². The summed E-state index contributed by atoms with van der Waals surface area (Å²) in [5, 5.41) is 3.11.